The zero-order valence-corrected chi connectivity index (χ0v) is 11.7. The Balaban J connectivity index is 1.98. The number of ether oxygens (including phenoxy) is 1. The predicted octanol–water partition coefficient (Wildman–Crippen LogP) is 1.80. The molecule has 18 heavy (non-hydrogen) atoms. The molecule has 0 spiro atoms. The van der Waals surface area contributed by atoms with Gasteiger partial charge < -0.3 is 15.0 Å². The Bertz CT molecular complexity index is 214. The highest BCUT2D eigenvalue weighted by Gasteiger charge is 2.14. The maximum absolute atomic E-state index is 11.9. The molecule has 4 nitrogen and oxygen atoms in total. The van der Waals surface area contributed by atoms with Crippen molar-refractivity contribution in [3.63, 3.8) is 0 Å². The van der Waals surface area contributed by atoms with E-state index in [9.17, 15) is 4.79 Å². The van der Waals surface area contributed by atoms with Crippen LogP contribution in [0, 0.1) is 0 Å². The Morgan fingerprint density at radius 3 is 2.56 bits per heavy atom. The summed E-state index contributed by atoms with van der Waals surface area (Å²) in [6.07, 6.45) is 6.92. The zero-order chi connectivity index (χ0) is 13.1. The van der Waals surface area contributed by atoms with Crippen molar-refractivity contribution in [3.05, 3.63) is 0 Å². The van der Waals surface area contributed by atoms with Gasteiger partial charge in [0.05, 0.1) is 6.54 Å². The number of hydrogen-bond donors (Lipinski definition) is 1. The van der Waals surface area contributed by atoms with Crippen LogP contribution < -0.4 is 5.32 Å². The lowest BCUT2D eigenvalue weighted by molar-refractivity contribution is -0.130. The summed E-state index contributed by atoms with van der Waals surface area (Å²) in [7, 11) is 0. The molecule has 0 bridgehead atoms. The smallest absolute Gasteiger partial charge is 0.236 e. The predicted molar refractivity (Wildman–Crippen MR) is 73.6 cm³/mol. The maximum atomic E-state index is 11.9. The van der Waals surface area contributed by atoms with Gasteiger partial charge in [-0.25, -0.2) is 0 Å². The average Bonchev–Trinajstić information content (AvgIpc) is 2.66. The van der Waals surface area contributed by atoms with Crippen LogP contribution in [0.1, 0.15) is 45.4 Å². The van der Waals surface area contributed by atoms with Gasteiger partial charge in [-0.15, -0.1) is 0 Å². The number of nitrogens with zero attached hydrogens (tertiary/aromatic N) is 1. The molecule has 1 fully saturated rings. The van der Waals surface area contributed by atoms with Crippen LogP contribution in [-0.2, 0) is 9.53 Å². The van der Waals surface area contributed by atoms with Crippen LogP contribution in [0.4, 0.5) is 0 Å². The van der Waals surface area contributed by atoms with Crippen LogP contribution >= 0.6 is 0 Å². The molecule has 0 saturated carbocycles. The van der Waals surface area contributed by atoms with E-state index < -0.39 is 0 Å². The molecule has 1 aliphatic heterocycles. The standard InChI is InChI=1S/C14H28N2O2/c1-2-11-18-12-7-8-15-13-14(17)16-9-5-3-4-6-10-16/h15H,2-13H2,1H3. The highest BCUT2D eigenvalue weighted by Crippen LogP contribution is 2.09. The Hall–Kier alpha value is -0.610. The highest BCUT2D eigenvalue weighted by molar-refractivity contribution is 5.78. The van der Waals surface area contributed by atoms with Gasteiger partial charge in [0.1, 0.15) is 0 Å². The number of likely N-dealkylation sites (tertiary alicyclic amines) is 1. The minimum absolute atomic E-state index is 0.256. The molecular weight excluding hydrogens is 228 g/mol. The summed E-state index contributed by atoms with van der Waals surface area (Å²) >= 11 is 0. The monoisotopic (exact) mass is 256 g/mol. The third kappa shape index (κ3) is 6.97. The summed E-state index contributed by atoms with van der Waals surface area (Å²) in [6.45, 7) is 6.97. The average molecular weight is 256 g/mol. The fraction of sp³-hybridized carbons (Fsp3) is 0.929. The number of rotatable bonds is 8. The lowest BCUT2D eigenvalue weighted by atomic mass is 10.2. The van der Waals surface area contributed by atoms with E-state index in [1.54, 1.807) is 0 Å². The number of amides is 1. The van der Waals surface area contributed by atoms with Gasteiger partial charge in [-0.1, -0.05) is 19.8 Å². The van der Waals surface area contributed by atoms with Crippen LogP contribution in [0.25, 0.3) is 0 Å². The van der Waals surface area contributed by atoms with E-state index in [0.29, 0.717) is 6.54 Å². The van der Waals surface area contributed by atoms with E-state index in [1.807, 2.05) is 4.90 Å². The van der Waals surface area contributed by atoms with Gasteiger partial charge >= 0.3 is 0 Å². The Morgan fingerprint density at radius 2 is 1.89 bits per heavy atom. The van der Waals surface area contributed by atoms with E-state index in [0.717, 1.165) is 58.5 Å². The first-order valence-corrected chi connectivity index (χ1v) is 7.41. The van der Waals surface area contributed by atoms with E-state index in [2.05, 4.69) is 12.2 Å². The molecule has 106 valence electrons. The third-order valence-corrected chi connectivity index (χ3v) is 3.23. The van der Waals surface area contributed by atoms with Gasteiger partial charge in [0, 0.05) is 26.3 Å². The quantitative estimate of drug-likeness (QED) is 0.673. The van der Waals surface area contributed by atoms with Crippen LogP contribution in [0.2, 0.25) is 0 Å². The molecule has 4 heteroatoms. The van der Waals surface area contributed by atoms with Gasteiger partial charge in [-0.2, -0.15) is 0 Å². The van der Waals surface area contributed by atoms with Crippen molar-refractivity contribution < 1.29 is 9.53 Å². The van der Waals surface area contributed by atoms with Crippen LogP contribution in [-0.4, -0.2) is 50.2 Å². The van der Waals surface area contributed by atoms with Gasteiger partial charge in [0.2, 0.25) is 5.91 Å². The number of carbonyl (C=O) groups excluding carboxylic acids is 1. The van der Waals surface area contributed by atoms with E-state index in [1.165, 1.54) is 12.8 Å². The molecule has 0 aromatic carbocycles. The number of nitrogens with one attached hydrogen (secondary N) is 1. The molecule has 1 heterocycles. The van der Waals surface area contributed by atoms with Crippen molar-refractivity contribution in [2.45, 2.75) is 45.4 Å². The molecule has 0 aromatic heterocycles. The molecule has 0 atom stereocenters. The van der Waals surface area contributed by atoms with Gasteiger partial charge in [-0.3, -0.25) is 4.79 Å². The summed E-state index contributed by atoms with van der Waals surface area (Å²) in [4.78, 5) is 13.9. The second kappa shape index (κ2) is 10.3. The van der Waals surface area contributed by atoms with E-state index >= 15 is 0 Å². The first-order valence-electron chi connectivity index (χ1n) is 7.41. The van der Waals surface area contributed by atoms with Crippen molar-refractivity contribution in [1.29, 1.82) is 0 Å². The van der Waals surface area contributed by atoms with Crippen molar-refractivity contribution in [3.8, 4) is 0 Å². The minimum Gasteiger partial charge on any atom is -0.381 e. The summed E-state index contributed by atoms with van der Waals surface area (Å²) in [5.41, 5.74) is 0. The van der Waals surface area contributed by atoms with Crippen molar-refractivity contribution in [1.82, 2.24) is 10.2 Å². The van der Waals surface area contributed by atoms with Crippen molar-refractivity contribution in [2.24, 2.45) is 0 Å². The normalized spacial score (nSPS) is 16.6. The molecule has 0 aromatic rings. The largest absolute Gasteiger partial charge is 0.381 e. The van der Waals surface area contributed by atoms with Gasteiger partial charge in [-0.05, 0) is 32.2 Å². The summed E-state index contributed by atoms with van der Waals surface area (Å²) in [5.74, 6) is 0.256. The second-order valence-corrected chi connectivity index (χ2v) is 4.94. The van der Waals surface area contributed by atoms with Gasteiger partial charge in [0.15, 0.2) is 0 Å². The first kappa shape index (κ1) is 15.4. The Kier molecular flexibility index (Phi) is 8.86. The molecule has 1 rings (SSSR count). The molecule has 1 aliphatic rings. The van der Waals surface area contributed by atoms with E-state index in [-0.39, 0.29) is 5.91 Å². The number of hydrogen-bond acceptors (Lipinski definition) is 3. The lowest BCUT2D eigenvalue weighted by Crippen LogP contribution is -2.39. The molecule has 0 unspecified atom stereocenters. The molecule has 0 aliphatic carbocycles. The molecule has 1 saturated heterocycles. The topological polar surface area (TPSA) is 41.6 Å². The minimum atomic E-state index is 0.256. The van der Waals surface area contributed by atoms with E-state index in [4.69, 9.17) is 4.74 Å². The maximum Gasteiger partial charge on any atom is 0.236 e. The SMILES string of the molecule is CCCOCCCNCC(=O)N1CCCCCC1. The molecular formula is C14H28N2O2. The van der Waals surface area contributed by atoms with Crippen LogP contribution in [0.15, 0.2) is 0 Å². The molecule has 1 amide bonds. The lowest BCUT2D eigenvalue weighted by Gasteiger charge is -2.20. The summed E-state index contributed by atoms with van der Waals surface area (Å²) in [6, 6.07) is 0. The fourth-order valence-electron chi connectivity index (χ4n) is 2.17. The second-order valence-electron chi connectivity index (χ2n) is 4.94. The Labute approximate surface area is 111 Å². The summed E-state index contributed by atoms with van der Waals surface area (Å²) < 4.78 is 5.39. The van der Waals surface area contributed by atoms with Crippen molar-refractivity contribution >= 4 is 5.91 Å². The fourth-order valence-corrected chi connectivity index (χ4v) is 2.17. The highest BCUT2D eigenvalue weighted by atomic mass is 16.5. The Morgan fingerprint density at radius 1 is 1.17 bits per heavy atom. The number of carbonyl (C=O) groups is 1. The molecule has 1 N–H and O–H groups in total. The van der Waals surface area contributed by atoms with Crippen LogP contribution in [0.3, 0.4) is 0 Å². The zero-order valence-electron chi connectivity index (χ0n) is 11.7. The van der Waals surface area contributed by atoms with Crippen LogP contribution in [0.5, 0.6) is 0 Å². The first-order chi connectivity index (χ1) is 8.84. The third-order valence-electron chi connectivity index (χ3n) is 3.23. The summed E-state index contributed by atoms with van der Waals surface area (Å²) in [5, 5.41) is 3.21. The van der Waals surface area contributed by atoms with Gasteiger partial charge in [0.25, 0.3) is 0 Å². The molecule has 0 radical (unpaired) electrons. The van der Waals surface area contributed by atoms with Crippen molar-refractivity contribution in [2.75, 3.05) is 39.4 Å².